The molecule has 0 aromatic carbocycles. The van der Waals surface area contributed by atoms with Crippen LogP contribution in [0.15, 0.2) is 0 Å². The molecule has 0 bridgehead atoms. The van der Waals surface area contributed by atoms with Gasteiger partial charge in [-0.1, -0.05) is 6.42 Å². The molecule has 0 aliphatic heterocycles. The van der Waals surface area contributed by atoms with E-state index in [1.54, 1.807) is 0 Å². The van der Waals surface area contributed by atoms with Crippen LogP contribution in [0.4, 0.5) is 11.6 Å². The van der Waals surface area contributed by atoms with Gasteiger partial charge in [-0.25, -0.2) is 9.97 Å². The van der Waals surface area contributed by atoms with Crippen molar-refractivity contribution in [2.75, 3.05) is 35.7 Å². The molecule has 0 atom stereocenters. The van der Waals surface area contributed by atoms with Crippen molar-refractivity contribution in [2.45, 2.75) is 51.9 Å². The van der Waals surface area contributed by atoms with Crippen molar-refractivity contribution in [3.8, 4) is 0 Å². The normalized spacial score (nSPS) is 14.2. The summed E-state index contributed by atoms with van der Waals surface area (Å²) in [5.41, 5.74) is 1.14. The van der Waals surface area contributed by atoms with Gasteiger partial charge in [0.1, 0.15) is 17.5 Å². The summed E-state index contributed by atoms with van der Waals surface area (Å²) in [5, 5.41) is 6.88. The van der Waals surface area contributed by atoms with Crippen LogP contribution >= 0.6 is 11.8 Å². The first kappa shape index (κ1) is 16.4. The van der Waals surface area contributed by atoms with Gasteiger partial charge in [0.2, 0.25) is 0 Å². The summed E-state index contributed by atoms with van der Waals surface area (Å²) < 4.78 is 0. The van der Waals surface area contributed by atoms with Gasteiger partial charge in [0.15, 0.2) is 0 Å². The van der Waals surface area contributed by atoms with E-state index in [0.29, 0.717) is 5.92 Å². The van der Waals surface area contributed by atoms with Crippen molar-refractivity contribution in [3.05, 3.63) is 11.4 Å². The molecular weight excluding hydrogens is 280 g/mol. The van der Waals surface area contributed by atoms with Crippen molar-refractivity contribution >= 4 is 23.4 Å². The van der Waals surface area contributed by atoms with Gasteiger partial charge in [-0.15, -0.1) is 0 Å². The van der Waals surface area contributed by atoms with Crippen molar-refractivity contribution < 1.29 is 0 Å². The lowest BCUT2D eigenvalue weighted by molar-refractivity contribution is 0.746. The SMILES string of the molecule is CCNc1nc(C2CC2)nc(NCCCCCSC)c1C. The van der Waals surface area contributed by atoms with E-state index in [4.69, 9.17) is 4.98 Å². The number of hydrogen-bond acceptors (Lipinski definition) is 5. The van der Waals surface area contributed by atoms with Crippen molar-refractivity contribution in [3.63, 3.8) is 0 Å². The maximum absolute atomic E-state index is 4.74. The summed E-state index contributed by atoms with van der Waals surface area (Å²) in [7, 11) is 0. The predicted molar refractivity (Wildman–Crippen MR) is 93.6 cm³/mol. The number of thioether (sulfide) groups is 1. The molecule has 21 heavy (non-hydrogen) atoms. The minimum Gasteiger partial charge on any atom is -0.370 e. The van der Waals surface area contributed by atoms with Crippen molar-refractivity contribution in [1.29, 1.82) is 0 Å². The second-order valence-electron chi connectivity index (χ2n) is 5.69. The molecule has 4 nitrogen and oxygen atoms in total. The lowest BCUT2D eigenvalue weighted by atomic mass is 10.2. The number of nitrogens with zero attached hydrogens (tertiary/aromatic N) is 2. The van der Waals surface area contributed by atoms with Crippen LogP contribution in [0.25, 0.3) is 0 Å². The van der Waals surface area contributed by atoms with E-state index in [1.807, 2.05) is 11.8 Å². The summed E-state index contributed by atoms with van der Waals surface area (Å²) >= 11 is 1.93. The first-order valence-corrected chi connectivity index (χ1v) is 9.50. The predicted octanol–water partition coefficient (Wildman–Crippen LogP) is 4.04. The molecule has 5 heteroatoms. The Morgan fingerprint density at radius 1 is 1.10 bits per heavy atom. The number of nitrogens with one attached hydrogen (secondary N) is 2. The molecule has 1 fully saturated rings. The molecule has 0 spiro atoms. The molecule has 0 saturated heterocycles. The molecular formula is C16H28N4S. The number of unbranched alkanes of at least 4 members (excludes halogenated alkanes) is 2. The average Bonchev–Trinajstić information content (AvgIpc) is 3.31. The van der Waals surface area contributed by atoms with Gasteiger partial charge < -0.3 is 10.6 Å². The van der Waals surface area contributed by atoms with Crippen molar-refractivity contribution in [1.82, 2.24) is 9.97 Å². The van der Waals surface area contributed by atoms with Gasteiger partial charge in [-0.3, -0.25) is 0 Å². The number of anilines is 2. The molecule has 1 aromatic heterocycles. The van der Waals surface area contributed by atoms with E-state index in [9.17, 15) is 0 Å². The first-order chi connectivity index (χ1) is 10.3. The maximum atomic E-state index is 4.74. The first-order valence-electron chi connectivity index (χ1n) is 8.11. The quantitative estimate of drug-likeness (QED) is 0.639. The molecule has 0 amide bonds. The van der Waals surface area contributed by atoms with Gasteiger partial charge in [0, 0.05) is 24.6 Å². The summed E-state index contributed by atoms with van der Waals surface area (Å²) in [4.78, 5) is 9.43. The maximum Gasteiger partial charge on any atom is 0.136 e. The van der Waals surface area contributed by atoms with E-state index in [1.165, 1.54) is 37.9 Å². The minimum atomic E-state index is 0.588. The largest absolute Gasteiger partial charge is 0.370 e. The van der Waals surface area contributed by atoms with Crippen LogP contribution in [-0.4, -0.2) is 35.1 Å². The Kier molecular flexibility index (Phi) is 6.61. The summed E-state index contributed by atoms with van der Waals surface area (Å²) in [6, 6.07) is 0. The van der Waals surface area contributed by atoms with E-state index in [2.05, 4.69) is 35.7 Å². The molecule has 118 valence electrons. The Bertz CT molecular complexity index is 446. The van der Waals surface area contributed by atoms with Gasteiger partial charge in [-0.05, 0) is 51.5 Å². The van der Waals surface area contributed by atoms with Crippen molar-refractivity contribution in [2.24, 2.45) is 0 Å². The van der Waals surface area contributed by atoms with Gasteiger partial charge in [0.25, 0.3) is 0 Å². The van der Waals surface area contributed by atoms with Crippen LogP contribution in [0, 0.1) is 6.92 Å². The van der Waals surface area contributed by atoms with Crippen LogP contribution in [0.3, 0.4) is 0 Å². The fourth-order valence-corrected chi connectivity index (χ4v) is 2.82. The monoisotopic (exact) mass is 308 g/mol. The Balaban J connectivity index is 1.93. The standard InChI is InChI=1S/C16H28N4S/c1-4-17-14-12(2)15(18-10-6-5-7-11-21-3)20-16(19-14)13-8-9-13/h13H,4-11H2,1-3H3,(H2,17,18,19,20). The number of rotatable bonds is 10. The third-order valence-electron chi connectivity index (χ3n) is 3.77. The molecule has 1 heterocycles. The van der Waals surface area contributed by atoms with E-state index in [0.717, 1.165) is 36.1 Å². The number of hydrogen-bond donors (Lipinski definition) is 2. The van der Waals surface area contributed by atoms with E-state index >= 15 is 0 Å². The Morgan fingerprint density at radius 3 is 2.43 bits per heavy atom. The van der Waals surface area contributed by atoms with Gasteiger partial charge in [-0.2, -0.15) is 11.8 Å². The van der Waals surface area contributed by atoms with Crippen LogP contribution in [0.1, 0.15) is 56.3 Å². The summed E-state index contributed by atoms with van der Waals surface area (Å²) in [5.74, 6) is 4.89. The number of aromatic nitrogens is 2. The molecule has 0 radical (unpaired) electrons. The van der Waals surface area contributed by atoms with Gasteiger partial charge in [0.05, 0.1) is 0 Å². The molecule has 1 aliphatic rings. The molecule has 1 aliphatic carbocycles. The van der Waals surface area contributed by atoms with Crippen LogP contribution in [0.2, 0.25) is 0 Å². The second kappa shape index (κ2) is 8.47. The second-order valence-corrected chi connectivity index (χ2v) is 6.67. The molecule has 1 aromatic rings. The van der Waals surface area contributed by atoms with Gasteiger partial charge >= 0.3 is 0 Å². The summed E-state index contributed by atoms with van der Waals surface area (Å²) in [6.45, 7) is 6.11. The molecule has 1 saturated carbocycles. The topological polar surface area (TPSA) is 49.8 Å². The Labute approximate surface area is 132 Å². The highest BCUT2D eigenvalue weighted by molar-refractivity contribution is 7.98. The van der Waals surface area contributed by atoms with E-state index < -0.39 is 0 Å². The zero-order valence-corrected chi connectivity index (χ0v) is 14.4. The van der Waals surface area contributed by atoms with Crippen LogP contribution < -0.4 is 10.6 Å². The molecule has 0 unspecified atom stereocenters. The highest BCUT2D eigenvalue weighted by atomic mass is 32.2. The lowest BCUT2D eigenvalue weighted by Crippen LogP contribution is -2.11. The molecule has 2 N–H and O–H groups in total. The zero-order chi connectivity index (χ0) is 15.1. The van der Waals surface area contributed by atoms with E-state index in [-0.39, 0.29) is 0 Å². The lowest BCUT2D eigenvalue weighted by Gasteiger charge is -2.14. The Morgan fingerprint density at radius 2 is 1.81 bits per heavy atom. The third kappa shape index (κ3) is 5.06. The molecule has 2 rings (SSSR count). The fourth-order valence-electron chi connectivity index (χ4n) is 2.32. The highest BCUT2D eigenvalue weighted by Gasteiger charge is 2.28. The highest BCUT2D eigenvalue weighted by Crippen LogP contribution is 2.39. The average molecular weight is 308 g/mol. The fraction of sp³-hybridized carbons (Fsp3) is 0.750. The summed E-state index contributed by atoms with van der Waals surface area (Å²) in [6.07, 6.45) is 8.45. The minimum absolute atomic E-state index is 0.588. The van der Waals surface area contributed by atoms with Crippen LogP contribution in [-0.2, 0) is 0 Å². The Hall–Kier alpha value is -0.970. The smallest absolute Gasteiger partial charge is 0.136 e. The third-order valence-corrected chi connectivity index (χ3v) is 4.46. The zero-order valence-electron chi connectivity index (χ0n) is 13.5. The van der Waals surface area contributed by atoms with Crippen LogP contribution in [0.5, 0.6) is 0 Å².